The maximum atomic E-state index is 13.9. The Hall–Kier alpha value is -1.95. The van der Waals surface area contributed by atoms with Crippen LogP contribution in [0.1, 0.15) is 0 Å². The first-order chi connectivity index (χ1) is 9.19. The molecule has 19 heavy (non-hydrogen) atoms. The smallest absolute Gasteiger partial charge is 0.180 e. The second kappa shape index (κ2) is 4.62. The lowest BCUT2D eigenvalue weighted by Gasteiger charge is -2.01. The van der Waals surface area contributed by atoms with Crippen LogP contribution in [0.3, 0.4) is 0 Å². The molecule has 0 saturated heterocycles. The maximum absolute atomic E-state index is 13.9. The minimum atomic E-state index is -0.331. The zero-order valence-corrected chi connectivity index (χ0v) is 11.6. The van der Waals surface area contributed by atoms with Crippen LogP contribution in [0.2, 0.25) is 0 Å². The minimum absolute atomic E-state index is 0.331. The van der Waals surface area contributed by atoms with Crippen LogP contribution in [-0.4, -0.2) is 22.0 Å². The molecule has 1 aromatic carbocycles. The number of aromatic nitrogens is 3. The fourth-order valence-corrected chi connectivity index (χ4v) is 2.40. The number of H-pyrrole nitrogens is 1. The number of pyridine rings is 1. The Morgan fingerprint density at radius 3 is 2.79 bits per heavy atom. The number of benzene rings is 1. The average molecular weight is 321 g/mol. The van der Waals surface area contributed by atoms with Crippen molar-refractivity contribution in [1.29, 1.82) is 0 Å². The molecule has 2 heterocycles. The Labute approximate surface area is 117 Å². The third-order valence-electron chi connectivity index (χ3n) is 2.80. The van der Waals surface area contributed by atoms with Crippen LogP contribution in [0, 0.1) is 5.82 Å². The van der Waals surface area contributed by atoms with Crippen molar-refractivity contribution in [2.45, 2.75) is 0 Å². The van der Waals surface area contributed by atoms with Gasteiger partial charge in [0.05, 0.1) is 11.1 Å². The van der Waals surface area contributed by atoms with E-state index in [0.29, 0.717) is 21.5 Å². The van der Waals surface area contributed by atoms with Crippen molar-refractivity contribution in [2.24, 2.45) is 0 Å². The normalized spacial score (nSPS) is 10.9. The van der Waals surface area contributed by atoms with Crippen molar-refractivity contribution in [1.82, 2.24) is 15.0 Å². The van der Waals surface area contributed by atoms with Gasteiger partial charge in [-0.05, 0) is 40.2 Å². The van der Waals surface area contributed by atoms with E-state index in [0.717, 1.165) is 11.3 Å². The van der Waals surface area contributed by atoms with Crippen molar-refractivity contribution in [3.05, 3.63) is 40.6 Å². The van der Waals surface area contributed by atoms with E-state index in [-0.39, 0.29) is 5.82 Å². The van der Waals surface area contributed by atoms with Crippen LogP contribution in [0.5, 0.6) is 0 Å². The molecule has 4 nitrogen and oxygen atoms in total. The van der Waals surface area contributed by atoms with Gasteiger partial charge in [-0.2, -0.15) is 0 Å². The summed E-state index contributed by atoms with van der Waals surface area (Å²) >= 11 is 3.34. The van der Waals surface area contributed by atoms with Crippen molar-refractivity contribution < 1.29 is 4.39 Å². The SMILES string of the molecule is CNc1ccc2[nH]c(-c3c(F)cccc3Br)nc2n1. The van der Waals surface area contributed by atoms with Crippen LogP contribution in [0.4, 0.5) is 10.2 Å². The Kier molecular flexibility index (Phi) is 2.94. The number of hydrogen-bond acceptors (Lipinski definition) is 3. The summed E-state index contributed by atoms with van der Waals surface area (Å²) in [7, 11) is 1.79. The second-order valence-electron chi connectivity index (χ2n) is 4.00. The summed E-state index contributed by atoms with van der Waals surface area (Å²) < 4.78 is 14.5. The first-order valence-corrected chi connectivity index (χ1v) is 6.47. The number of nitrogens with one attached hydrogen (secondary N) is 2. The number of fused-ring (bicyclic) bond motifs is 1. The summed E-state index contributed by atoms with van der Waals surface area (Å²) in [6.07, 6.45) is 0. The molecule has 96 valence electrons. The summed E-state index contributed by atoms with van der Waals surface area (Å²) in [5.74, 6) is 0.848. The molecule has 0 fully saturated rings. The molecule has 0 aliphatic heterocycles. The lowest BCUT2D eigenvalue weighted by molar-refractivity contribution is 0.629. The number of hydrogen-bond donors (Lipinski definition) is 2. The molecule has 0 amide bonds. The molecular weight excluding hydrogens is 311 g/mol. The van der Waals surface area contributed by atoms with Crippen molar-refractivity contribution in [3.63, 3.8) is 0 Å². The predicted molar refractivity (Wildman–Crippen MR) is 76.5 cm³/mol. The van der Waals surface area contributed by atoms with Gasteiger partial charge in [0.2, 0.25) is 0 Å². The molecule has 0 aliphatic rings. The topological polar surface area (TPSA) is 53.6 Å². The van der Waals surface area contributed by atoms with Crippen LogP contribution >= 0.6 is 15.9 Å². The maximum Gasteiger partial charge on any atom is 0.180 e. The van der Waals surface area contributed by atoms with E-state index in [9.17, 15) is 4.39 Å². The standard InChI is InChI=1S/C13H10BrFN4/c1-16-10-6-5-9-12(18-10)19-13(17-9)11-7(14)3-2-4-8(11)15/h2-6H,1H3,(H2,16,17,18,19). The first kappa shape index (κ1) is 12.1. The summed E-state index contributed by atoms with van der Waals surface area (Å²) in [5.41, 5.74) is 1.73. The lowest BCUT2D eigenvalue weighted by atomic mass is 10.2. The average Bonchev–Trinajstić information content (AvgIpc) is 2.80. The molecular formula is C13H10BrFN4. The molecule has 0 bridgehead atoms. The van der Waals surface area contributed by atoms with E-state index < -0.39 is 0 Å². The van der Waals surface area contributed by atoms with Crippen molar-refractivity contribution in [3.8, 4) is 11.4 Å². The summed E-state index contributed by atoms with van der Waals surface area (Å²) in [6, 6.07) is 8.51. The van der Waals surface area contributed by atoms with Gasteiger partial charge in [0.1, 0.15) is 17.5 Å². The van der Waals surface area contributed by atoms with Gasteiger partial charge in [-0.3, -0.25) is 0 Å². The molecule has 0 atom stereocenters. The van der Waals surface area contributed by atoms with Crippen LogP contribution in [-0.2, 0) is 0 Å². The highest BCUT2D eigenvalue weighted by molar-refractivity contribution is 9.10. The minimum Gasteiger partial charge on any atom is -0.373 e. The van der Waals surface area contributed by atoms with Gasteiger partial charge in [-0.15, -0.1) is 0 Å². The molecule has 3 aromatic rings. The molecule has 2 aromatic heterocycles. The zero-order chi connectivity index (χ0) is 13.4. The number of imidazole rings is 1. The fourth-order valence-electron chi connectivity index (χ4n) is 1.87. The third kappa shape index (κ3) is 2.08. The first-order valence-electron chi connectivity index (χ1n) is 5.68. The van der Waals surface area contributed by atoms with E-state index in [4.69, 9.17) is 0 Å². The van der Waals surface area contributed by atoms with E-state index >= 15 is 0 Å². The van der Waals surface area contributed by atoms with Gasteiger partial charge in [0.25, 0.3) is 0 Å². The molecule has 0 aliphatic carbocycles. The summed E-state index contributed by atoms with van der Waals surface area (Å²) in [4.78, 5) is 11.7. The molecule has 6 heteroatoms. The van der Waals surface area contributed by atoms with Crippen molar-refractivity contribution in [2.75, 3.05) is 12.4 Å². The monoisotopic (exact) mass is 320 g/mol. The molecule has 0 unspecified atom stereocenters. The highest BCUT2D eigenvalue weighted by Gasteiger charge is 2.14. The lowest BCUT2D eigenvalue weighted by Crippen LogP contribution is -1.91. The third-order valence-corrected chi connectivity index (χ3v) is 3.46. The number of halogens is 2. The van der Waals surface area contributed by atoms with Gasteiger partial charge in [0.15, 0.2) is 5.65 Å². The molecule has 0 saturated carbocycles. The summed E-state index contributed by atoms with van der Waals surface area (Å²) in [6.45, 7) is 0. The predicted octanol–water partition coefficient (Wildman–Crippen LogP) is 3.57. The van der Waals surface area contributed by atoms with E-state index in [1.165, 1.54) is 6.07 Å². The zero-order valence-electron chi connectivity index (χ0n) is 10.0. The van der Waals surface area contributed by atoms with Crippen LogP contribution < -0.4 is 5.32 Å². The number of aromatic amines is 1. The van der Waals surface area contributed by atoms with Gasteiger partial charge in [0, 0.05) is 11.5 Å². The fraction of sp³-hybridized carbons (Fsp3) is 0.0769. The summed E-state index contributed by atoms with van der Waals surface area (Å²) in [5, 5.41) is 2.94. The van der Waals surface area contributed by atoms with Crippen LogP contribution in [0.25, 0.3) is 22.6 Å². The molecule has 0 spiro atoms. The molecule has 2 N–H and O–H groups in total. The van der Waals surface area contributed by atoms with Gasteiger partial charge in [-0.1, -0.05) is 6.07 Å². The Balaban J connectivity index is 2.21. The van der Waals surface area contributed by atoms with Gasteiger partial charge < -0.3 is 10.3 Å². The highest BCUT2D eigenvalue weighted by Crippen LogP contribution is 2.30. The quantitative estimate of drug-likeness (QED) is 0.759. The Bertz CT molecular complexity index is 733. The number of rotatable bonds is 2. The van der Waals surface area contributed by atoms with E-state index in [1.54, 1.807) is 19.2 Å². The van der Waals surface area contributed by atoms with Gasteiger partial charge >= 0.3 is 0 Å². The molecule has 0 radical (unpaired) electrons. The number of anilines is 1. The van der Waals surface area contributed by atoms with Crippen LogP contribution in [0.15, 0.2) is 34.8 Å². The number of nitrogens with zero attached hydrogens (tertiary/aromatic N) is 2. The molecule has 3 rings (SSSR count). The van der Waals surface area contributed by atoms with E-state index in [1.807, 2.05) is 12.1 Å². The Morgan fingerprint density at radius 1 is 1.21 bits per heavy atom. The highest BCUT2D eigenvalue weighted by atomic mass is 79.9. The second-order valence-corrected chi connectivity index (χ2v) is 4.85. The van der Waals surface area contributed by atoms with Crippen molar-refractivity contribution >= 4 is 32.9 Å². The Morgan fingerprint density at radius 2 is 2.05 bits per heavy atom. The van der Waals surface area contributed by atoms with E-state index in [2.05, 4.69) is 36.2 Å². The largest absolute Gasteiger partial charge is 0.373 e. The van der Waals surface area contributed by atoms with Gasteiger partial charge in [-0.25, -0.2) is 14.4 Å².